The quantitative estimate of drug-likeness (QED) is 0.401. The number of piperazine rings is 1. The van der Waals surface area contributed by atoms with Crippen LogP contribution >= 0.6 is 0 Å². The topological polar surface area (TPSA) is 105 Å². The number of rotatable bonds is 7. The maximum Gasteiger partial charge on any atom is 0.293 e. The summed E-state index contributed by atoms with van der Waals surface area (Å²) in [6.07, 6.45) is 0. The van der Waals surface area contributed by atoms with Gasteiger partial charge in [-0.25, -0.2) is 0 Å². The lowest BCUT2D eigenvalue weighted by Crippen LogP contribution is -2.48. The van der Waals surface area contributed by atoms with Gasteiger partial charge < -0.3 is 19.9 Å². The summed E-state index contributed by atoms with van der Waals surface area (Å²) < 4.78 is 5.24. The molecule has 3 aromatic carbocycles. The second-order valence-electron chi connectivity index (χ2n) is 8.54. The number of nitro benzene ring substituents is 1. The molecule has 4 rings (SSSR count). The number of carbonyl (C=O) groups excluding carboxylic acids is 2. The van der Waals surface area contributed by atoms with Gasteiger partial charge in [0.05, 0.1) is 18.1 Å². The largest absolute Gasteiger partial charge is 0.497 e. The third-order valence-corrected chi connectivity index (χ3v) is 6.36. The number of nitrogens with one attached hydrogen (secondary N) is 1. The Morgan fingerprint density at radius 1 is 0.944 bits per heavy atom. The number of nitrogens with zero attached hydrogens (tertiary/aromatic N) is 3. The molecule has 1 saturated heterocycles. The molecule has 9 nitrogen and oxygen atoms in total. The van der Waals surface area contributed by atoms with Gasteiger partial charge in [-0.05, 0) is 35.4 Å². The minimum Gasteiger partial charge on any atom is -0.497 e. The highest BCUT2D eigenvalue weighted by molar-refractivity contribution is 5.96. The molecule has 1 aliphatic rings. The Kier molecular flexibility index (Phi) is 7.48. The zero-order valence-corrected chi connectivity index (χ0v) is 20.2. The van der Waals surface area contributed by atoms with Gasteiger partial charge in [0.2, 0.25) is 5.91 Å². The molecule has 0 aliphatic carbocycles. The lowest BCUT2D eigenvalue weighted by molar-refractivity contribution is -0.384. The van der Waals surface area contributed by atoms with Crippen LogP contribution in [0.2, 0.25) is 0 Å². The Morgan fingerprint density at radius 2 is 1.58 bits per heavy atom. The third-order valence-electron chi connectivity index (χ3n) is 6.36. The molecule has 0 radical (unpaired) electrons. The molecular weight excluding hydrogens is 460 g/mol. The molecule has 1 unspecified atom stereocenters. The van der Waals surface area contributed by atoms with Crippen molar-refractivity contribution in [2.24, 2.45) is 0 Å². The van der Waals surface area contributed by atoms with Crippen molar-refractivity contribution in [1.82, 2.24) is 10.2 Å². The Balaban J connectivity index is 1.59. The summed E-state index contributed by atoms with van der Waals surface area (Å²) in [5.41, 5.74) is 2.23. The van der Waals surface area contributed by atoms with Crippen molar-refractivity contribution in [3.05, 3.63) is 99.6 Å². The van der Waals surface area contributed by atoms with Crippen molar-refractivity contribution in [1.29, 1.82) is 0 Å². The molecule has 1 fully saturated rings. The van der Waals surface area contributed by atoms with Gasteiger partial charge >= 0.3 is 0 Å². The van der Waals surface area contributed by atoms with Crippen LogP contribution in [0.5, 0.6) is 5.75 Å². The molecule has 0 spiro atoms. The molecule has 0 bridgehead atoms. The molecule has 2 amide bonds. The molecule has 1 heterocycles. The van der Waals surface area contributed by atoms with E-state index in [1.165, 1.54) is 13.0 Å². The second-order valence-corrected chi connectivity index (χ2v) is 8.54. The lowest BCUT2D eigenvalue weighted by Gasteiger charge is -2.35. The Labute approximate surface area is 209 Å². The highest BCUT2D eigenvalue weighted by Crippen LogP contribution is 2.31. The molecular formula is C27H28N4O5. The monoisotopic (exact) mass is 488 g/mol. The average Bonchev–Trinajstić information content (AvgIpc) is 2.92. The fraction of sp³-hybridized carbons (Fsp3) is 0.259. The molecule has 9 heteroatoms. The Bertz CT molecular complexity index is 1240. The van der Waals surface area contributed by atoms with Crippen LogP contribution in [0.25, 0.3) is 0 Å². The maximum atomic E-state index is 13.3. The summed E-state index contributed by atoms with van der Waals surface area (Å²) in [6.45, 7) is 3.48. The number of hydrogen-bond acceptors (Lipinski definition) is 6. The number of carbonyl (C=O) groups is 2. The SMILES string of the molecule is COc1ccc(C(NC(=O)c2ccc(N3CCN(C(C)=O)CC3)c([N+](=O)[O-])c2)c2ccccc2)cc1. The molecule has 1 N–H and O–H groups in total. The van der Waals surface area contributed by atoms with Gasteiger partial charge in [-0.1, -0.05) is 42.5 Å². The predicted octanol–water partition coefficient (Wildman–Crippen LogP) is 3.79. The van der Waals surface area contributed by atoms with Crippen LogP contribution in [0.3, 0.4) is 0 Å². The van der Waals surface area contributed by atoms with E-state index in [4.69, 9.17) is 4.74 Å². The van der Waals surface area contributed by atoms with Gasteiger partial charge in [0, 0.05) is 44.7 Å². The first kappa shape index (κ1) is 24.7. The number of methoxy groups -OCH3 is 1. The number of anilines is 1. The zero-order chi connectivity index (χ0) is 25.7. The van der Waals surface area contributed by atoms with E-state index >= 15 is 0 Å². The van der Waals surface area contributed by atoms with E-state index in [0.29, 0.717) is 37.6 Å². The van der Waals surface area contributed by atoms with Crippen LogP contribution in [0.15, 0.2) is 72.8 Å². The van der Waals surface area contributed by atoms with Crippen LogP contribution in [0.4, 0.5) is 11.4 Å². The van der Waals surface area contributed by atoms with E-state index in [2.05, 4.69) is 5.32 Å². The fourth-order valence-corrected chi connectivity index (χ4v) is 4.36. The van der Waals surface area contributed by atoms with Gasteiger partial charge in [0.1, 0.15) is 11.4 Å². The van der Waals surface area contributed by atoms with E-state index in [1.807, 2.05) is 59.5 Å². The zero-order valence-electron chi connectivity index (χ0n) is 20.2. The van der Waals surface area contributed by atoms with Crippen molar-refractivity contribution < 1.29 is 19.2 Å². The first-order valence-electron chi connectivity index (χ1n) is 11.7. The molecule has 186 valence electrons. The number of benzene rings is 3. The molecule has 1 atom stereocenters. The van der Waals surface area contributed by atoms with Gasteiger partial charge in [0.15, 0.2) is 0 Å². The van der Waals surface area contributed by atoms with Gasteiger partial charge in [-0.2, -0.15) is 0 Å². The minimum atomic E-state index is -0.471. The average molecular weight is 489 g/mol. The van der Waals surface area contributed by atoms with E-state index in [1.54, 1.807) is 24.1 Å². The van der Waals surface area contributed by atoms with Gasteiger partial charge in [-0.3, -0.25) is 19.7 Å². The first-order valence-corrected chi connectivity index (χ1v) is 11.7. The first-order chi connectivity index (χ1) is 17.4. The van der Waals surface area contributed by atoms with Gasteiger partial charge in [-0.15, -0.1) is 0 Å². The molecule has 0 saturated carbocycles. The number of hydrogen-bond donors (Lipinski definition) is 1. The number of amides is 2. The van der Waals surface area contributed by atoms with Crippen molar-refractivity contribution in [3.63, 3.8) is 0 Å². The summed E-state index contributed by atoms with van der Waals surface area (Å²) in [6, 6.07) is 21.0. The highest BCUT2D eigenvalue weighted by Gasteiger charge is 2.26. The summed E-state index contributed by atoms with van der Waals surface area (Å²) in [5.74, 6) is 0.268. The van der Waals surface area contributed by atoms with Crippen LogP contribution in [0, 0.1) is 10.1 Å². The standard InChI is InChI=1S/C27H28N4O5/c1-19(32)29-14-16-30(17-15-29)24-13-10-22(18-25(24)31(34)35)27(33)28-26(20-6-4-3-5-7-20)21-8-11-23(36-2)12-9-21/h3-13,18,26H,14-17H2,1-2H3,(H,28,33). The minimum absolute atomic E-state index is 0.0130. The second kappa shape index (κ2) is 10.9. The predicted molar refractivity (Wildman–Crippen MR) is 136 cm³/mol. The van der Waals surface area contributed by atoms with Crippen molar-refractivity contribution in [2.45, 2.75) is 13.0 Å². The lowest BCUT2D eigenvalue weighted by atomic mass is 9.98. The van der Waals surface area contributed by atoms with Crippen LogP contribution in [0.1, 0.15) is 34.5 Å². The van der Waals surface area contributed by atoms with Crippen molar-refractivity contribution in [3.8, 4) is 5.75 Å². The van der Waals surface area contributed by atoms with E-state index in [9.17, 15) is 19.7 Å². The summed E-state index contributed by atoms with van der Waals surface area (Å²) in [5, 5.41) is 14.9. The third kappa shape index (κ3) is 5.46. The summed E-state index contributed by atoms with van der Waals surface area (Å²) in [4.78, 5) is 39.9. The number of nitro groups is 1. The normalized spacial score (nSPS) is 14.2. The van der Waals surface area contributed by atoms with Crippen LogP contribution in [-0.4, -0.2) is 54.9 Å². The maximum absolute atomic E-state index is 13.3. The van der Waals surface area contributed by atoms with Crippen molar-refractivity contribution in [2.75, 3.05) is 38.2 Å². The molecule has 1 aliphatic heterocycles. The van der Waals surface area contributed by atoms with E-state index in [-0.39, 0.29) is 17.2 Å². The van der Waals surface area contributed by atoms with Crippen LogP contribution < -0.4 is 15.0 Å². The summed E-state index contributed by atoms with van der Waals surface area (Å²) >= 11 is 0. The smallest absolute Gasteiger partial charge is 0.293 e. The Hall–Kier alpha value is -4.40. The van der Waals surface area contributed by atoms with Crippen molar-refractivity contribution >= 4 is 23.2 Å². The fourth-order valence-electron chi connectivity index (χ4n) is 4.36. The number of ether oxygens (including phenoxy) is 1. The molecule has 36 heavy (non-hydrogen) atoms. The van der Waals surface area contributed by atoms with Gasteiger partial charge in [0.25, 0.3) is 11.6 Å². The molecule has 3 aromatic rings. The summed E-state index contributed by atoms with van der Waals surface area (Å²) in [7, 11) is 1.59. The van der Waals surface area contributed by atoms with E-state index < -0.39 is 16.9 Å². The highest BCUT2D eigenvalue weighted by atomic mass is 16.6. The Morgan fingerprint density at radius 3 is 2.17 bits per heavy atom. The molecule has 0 aromatic heterocycles. The van der Waals surface area contributed by atoms with Crippen LogP contribution in [-0.2, 0) is 4.79 Å². The van der Waals surface area contributed by atoms with E-state index in [0.717, 1.165) is 11.1 Å².